The number of benzene rings is 1. The first-order chi connectivity index (χ1) is 9.56. The molecule has 0 saturated heterocycles. The van der Waals surface area contributed by atoms with Crippen LogP contribution in [0.3, 0.4) is 0 Å². The molecule has 0 bridgehead atoms. The Hall–Kier alpha value is -1.20. The van der Waals surface area contributed by atoms with Crippen LogP contribution in [0.15, 0.2) is 28.7 Å². The van der Waals surface area contributed by atoms with Crippen molar-refractivity contribution < 1.29 is 4.39 Å². The Morgan fingerprint density at radius 2 is 2.20 bits per heavy atom. The van der Waals surface area contributed by atoms with Crippen molar-refractivity contribution in [2.45, 2.75) is 25.8 Å². The monoisotopic (exact) mass is 339 g/mol. The average molecular weight is 340 g/mol. The molecule has 1 atom stereocenters. The lowest BCUT2D eigenvalue weighted by molar-refractivity contribution is 0.533. The van der Waals surface area contributed by atoms with Crippen molar-refractivity contribution >= 4 is 15.9 Å². The van der Waals surface area contributed by atoms with Gasteiger partial charge in [-0.25, -0.2) is 4.39 Å². The highest BCUT2D eigenvalue weighted by molar-refractivity contribution is 9.10. The first-order valence-corrected chi connectivity index (χ1v) is 7.49. The number of nitrogens with one attached hydrogen (secondary N) is 1. The zero-order valence-corrected chi connectivity index (χ0v) is 13.5. The molecular weight excluding hydrogens is 321 g/mol. The van der Waals surface area contributed by atoms with E-state index in [-0.39, 0.29) is 11.9 Å². The molecule has 0 aliphatic carbocycles. The molecule has 3 nitrogen and oxygen atoms in total. The molecule has 2 aromatic rings. The second-order valence-corrected chi connectivity index (χ2v) is 5.59. The Bertz CT molecular complexity index is 595. The van der Waals surface area contributed by atoms with E-state index in [1.807, 2.05) is 24.8 Å². The Kier molecular flexibility index (Phi) is 4.94. The number of likely N-dealkylation sites (N-methyl/N-ethyl adjacent to an activating group) is 1. The fourth-order valence-corrected chi connectivity index (χ4v) is 2.75. The maximum Gasteiger partial charge on any atom is 0.137 e. The first kappa shape index (κ1) is 15.2. The van der Waals surface area contributed by atoms with Crippen LogP contribution in [0, 0.1) is 5.82 Å². The lowest BCUT2D eigenvalue weighted by Gasteiger charge is -2.17. The number of rotatable bonds is 5. The third-order valence-electron chi connectivity index (χ3n) is 3.49. The number of hydrogen-bond donors (Lipinski definition) is 1. The van der Waals surface area contributed by atoms with E-state index in [9.17, 15) is 4.39 Å². The van der Waals surface area contributed by atoms with Gasteiger partial charge in [0.15, 0.2) is 0 Å². The fourth-order valence-electron chi connectivity index (χ4n) is 2.32. The average Bonchev–Trinajstić information content (AvgIpc) is 2.82. The number of hydrogen-bond acceptors (Lipinski definition) is 2. The zero-order chi connectivity index (χ0) is 14.7. The van der Waals surface area contributed by atoms with Gasteiger partial charge in [-0.05, 0) is 53.5 Å². The Labute approximate surface area is 127 Å². The van der Waals surface area contributed by atoms with E-state index in [0.29, 0.717) is 10.9 Å². The maximum absolute atomic E-state index is 13.6. The van der Waals surface area contributed by atoms with E-state index in [1.165, 1.54) is 6.07 Å². The van der Waals surface area contributed by atoms with Crippen molar-refractivity contribution in [1.29, 1.82) is 0 Å². The summed E-state index contributed by atoms with van der Waals surface area (Å²) in [6, 6.07) is 7.35. The van der Waals surface area contributed by atoms with Gasteiger partial charge < -0.3 is 5.32 Å². The minimum atomic E-state index is -0.225. The van der Waals surface area contributed by atoms with Crippen LogP contribution in [-0.2, 0) is 19.9 Å². The van der Waals surface area contributed by atoms with Gasteiger partial charge >= 0.3 is 0 Å². The summed E-state index contributed by atoms with van der Waals surface area (Å²) >= 11 is 3.32. The summed E-state index contributed by atoms with van der Waals surface area (Å²) in [6.45, 7) is 2.09. The van der Waals surface area contributed by atoms with Crippen LogP contribution in [0.5, 0.6) is 0 Å². The molecule has 0 saturated carbocycles. The summed E-state index contributed by atoms with van der Waals surface area (Å²) in [7, 11) is 3.86. The Morgan fingerprint density at radius 3 is 2.80 bits per heavy atom. The van der Waals surface area contributed by atoms with Crippen molar-refractivity contribution in [2.75, 3.05) is 7.05 Å². The summed E-state index contributed by atoms with van der Waals surface area (Å²) < 4.78 is 16.0. The normalized spacial score (nSPS) is 12.7. The summed E-state index contributed by atoms with van der Waals surface area (Å²) in [5.74, 6) is -0.225. The lowest BCUT2D eigenvalue weighted by Crippen LogP contribution is -2.21. The second-order valence-electron chi connectivity index (χ2n) is 4.80. The number of aryl methyl sites for hydroxylation is 2. The van der Waals surface area contributed by atoms with Gasteiger partial charge in [0.2, 0.25) is 0 Å². The van der Waals surface area contributed by atoms with Crippen molar-refractivity contribution in [3.8, 4) is 0 Å². The van der Waals surface area contributed by atoms with Crippen LogP contribution in [0.4, 0.5) is 4.39 Å². The molecule has 0 amide bonds. The van der Waals surface area contributed by atoms with E-state index < -0.39 is 0 Å². The van der Waals surface area contributed by atoms with Crippen molar-refractivity contribution in [1.82, 2.24) is 15.1 Å². The largest absolute Gasteiger partial charge is 0.311 e. The van der Waals surface area contributed by atoms with Gasteiger partial charge in [-0.3, -0.25) is 4.68 Å². The van der Waals surface area contributed by atoms with Crippen LogP contribution in [0.1, 0.15) is 29.9 Å². The molecule has 0 fully saturated rings. The molecule has 108 valence electrons. The molecule has 1 heterocycles. The highest BCUT2D eigenvalue weighted by atomic mass is 79.9. The van der Waals surface area contributed by atoms with Crippen molar-refractivity contribution in [2.24, 2.45) is 7.05 Å². The quantitative estimate of drug-likeness (QED) is 0.904. The minimum Gasteiger partial charge on any atom is -0.311 e. The van der Waals surface area contributed by atoms with Crippen LogP contribution < -0.4 is 5.32 Å². The molecule has 1 unspecified atom stereocenters. The zero-order valence-electron chi connectivity index (χ0n) is 12.0. The Balaban J connectivity index is 2.28. The van der Waals surface area contributed by atoms with Crippen molar-refractivity contribution in [3.63, 3.8) is 0 Å². The molecule has 0 radical (unpaired) electrons. The predicted molar refractivity (Wildman–Crippen MR) is 82.2 cm³/mol. The minimum absolute atomic E-state index is 0.103. The van der Waals surface area contributed by atoms with Gasteiger partial charge in [-0.15, -0.1) is 0 Å². The third-order valence-corrected chi connectivity index (χ3v) is 4.38. The molecule has 5 heteroatoms. The van der Waals surface area contributed by atoms with Gasteiger partial charge in [0.25, 0.3) is 0 Å². The summed E-state index contributed by atoms with van der Waals surface area (Å²) in [6.07, 6.45) is 1.62. The van der Waals surface area contributed by atoms with Crippen LogP contribution in [0.2, 0.25) is 0 Å². The van der Waals surface area contributed by atoms with Gasteiger partial charge in [-0.2, -0.15) is 5.10 Å². The topological polar surface area (TPSA) is 29.9 Å². The van der Waals surface area contributed by atoms with Crippen LogP contribution in [-0.4, -0.2) is 16.8 Å². The SMILES string of the molecule is CCc1cc(C(Cc2cccc(F)c2Br)NC)n(C)n1. The van der Waals surface area contributed by atoms with E-state index >= 15 is 0 Å². The third kappa shape index (κ3) is 3.10. The molecule has 0 spiro atoms. The molecule has 1 N–H and O–H groups in total. The fraction of sp³-hybridized carbons (Fsp3) is 0.400. The summed E-state index contributed by atoms with van der Waals surface area (Å²) in [5.41, 5.74) is 3.13. The molecule has 20 heavy (non-hydrogen) atoms. The van der Waals surface area contributed by atoms with E-state index in [4.69, 9.17) is 0 Å². The first-order valence-electron chi connectivity index (χ1n) is 6.69. The van der Waals surface area contributed by atoms with Gasteiger partial charge in [-0.1, -0.05) is 19.1 Å². The van der Waals surface area contributed by atoms with Gasteiger partial charge in [0, 0.05) is 7.05 Å². The number of aromatic nitrogens is 2. The molecule has 2 rings (SSSR count). The molecule has 0 aliphatic rings. The second kappa shape index (κ2) is 6.50. The van der Waals surface area contributed by atoms with Gasteiger partial charge in [0.1, 0.15) is 5.82 Å². The highest BCUT2D eigenvalue weighted by Gasteiger charge is 2.17. The highest BCUT2D eigenvalue weighted by Crippen LogP contribution is 2.26. The Morgan fingerprint density at radius 1 is 1.45 bits per heavy atom. The van der Waals surface area contributed by atoms with E-state index in [2.05, 4.69) is 39.3 Å². The van der Waals surface area contributed by atoms with Crippen LogP contribution in [0.25, 0.3) is 0 Å². The molecular formula is C15H19BrFN3. The lowest BCUT2D eigenvalue weighted by atomic mass is 10.0. The predicted octanol–water partition coefficient (Wildman–Crippen LogP) is 3.39. The maximum atomic E-state index is 13.6. The standard InChI is InChI=1S/C15H19BrFN3/c1-4-11-9-14(20(3)19-11)13(18-2)8-10-6-5-7-12(17)15(10)16/h5-7,9,13,18H,4,8H2,1-3H3. The molecule has 1 aromatic heterocycles. The summed E-state index contributed by atoms with van der Waals surface area (Å²) in [5, 5.41) is 7.76. The van der Waals surface area contributed by atoms with Crippen LogP contribution >= 0.6 is 15.9 Å². The number of nitrogens with zero attached hydrogens (tertiary/aromatic N) is 2. The van der Waals surface area contributed by atoms with E-state index in [0.717, 1.165) is 23.4 Å². The smallest absolute Gasteiger partial charge is 0.137 e. The van der Waals surface area contributed by atoms with E-state index in [1.54, 1.807) is 6.07 Å². The molecule has 0 aliphatic heterocycles. The molecule has 1 aromatic carbocycles. The van der Waals surface area contributed by atoms with Gasteiger partial charge in [0.05, 0.1) is 21.9 Å². The number of halogens is 2. The van der Waals surface area contributed by atoms with Crippen molar-refractivity contribution in [3.05, 3.63) is 51.5 Å². The summed E-state index contributed by atoms with van der Waals surface area (Å²) in [4.78, 5) is 0.